The number of fused-ring (bicyclic) bond motifs is 5. The number of hydrogen-bond donors (Lipinski definition) is 3. The zero-order valence-electron chi connectivity index (χ0n) is 20.7. The Morgan fingerprint density at radius 3 is 2.56 bits per heavy atom. The minimum absolute atomic E-state index is 0.0181. The summed E-state index contributed by atoms with van der Waals surface area (Å²) < 4.78 is 0. The number of carbonyl (C=O) groups excluding carboxylic acids is 1. The van der Waals surface area contributed by atoms with Crippen LogP contribution in [0.1, 0.15) is 79.6 Å². The van der Waals surface area contributed by atoms with Gasteiger partial charge < -0.3 is 15.3 Å². The molecule has 0 radical (unpaired) electrons. The number of carbonyl (C=O) groups is 1. The second-order valence-electron chi connectivity index (χ2n) is 12.4. The first-order chi connectivity index (χ1) is 15.0. The van der Waals surface area contributed by atoms with Crippen molar-refractivity contribution in [3.63, 3.8) is 0 Å². The Balaban J connectivity index is 1.65. The molecule has 0 aliphatic heterocycles. The Labute approximate surface area is 194 Å². The Morgan fingerprint density at radius 2 is 1.91 bits per heavy atom. The molecule has 0 saturated heterocycles. The van der Waals surface area contributed by atoms with Crippen molar-refractivity contribution in [3.05, 3.63) is 23.8 Å². The molecular formula is C28H44O4. The molecule has 1 unspecified atom stereocenters. The van der Waals surface area contributed by atoms with Gasteiger partial charge in [-0.1, -0.05) is 45.4 Å². The zero-order chi connectivity index (χ0) is 23.5. The van der Waals surface area contributed by atoms with Crippen molar-refractivity contribution in [2.45, 2.75) is 91.3 Å². The predicted octanol–water partition coefficient (Wildman–Crippen LogP) is 4.68. The maximum atomic E-state index is 12.1. The van der Waals surface area contributed by atoms with Crippen molar-refractivity contribution in [2.75, 3.05) is 6.61 Å². The van der Waals surface area contributed by atoms with Gasteiger partial charge in [0.05, 0.1) is 11.7 Å². The van der Waals surface area contributed by atoms with E-state index in [9.17, 15) is 20.1 Å². The van der Waals surface area contributed by atoms with Gasteiger partial charge in [-0.15, -0.1) is 0 Å². The van der Waals surface area contributed by atoms with Crippen LogP contribution in [0.5, 0.6) is 0 Å². The molecule has 0 aromatic carbocycles. The summed E-state index contributed by atoms with van der Waals surface area (Å²) >= 11 is 0. The van der Waals surface area contributed by atoms with E-state index in [0.717, 1.165) is 32.1 Å². The van der Waals surface area contributed by atoms with Gasteiger partial charge >= 0.3 is 0 Å². The number of rotatable bonds is 5. The Bertz CT molecular complexity index is 795. The average molecular weight is 445 g/mol. The van der Waals surface area contributed by atoms with Gasteiger partial charge in [0.1, 0.15) is 0 Å². The molecule has 0 aromatic rings. The van der Waals surface area contributed by atoms with Gasteiger partial charge in [-0.3, -0.25) is 4.79 Å². The second kappa shape index (κ2) is 8.36. The number of ketones is 1. The van der Waals surface area contributed by atoms with Gasteiger partial charge in [0.25, 0.3) is 0 Å². The maximum Gasteiger partial charge on any atom is 0.155 e. The van der Waals surface area contributed by atoms with Crippen molar-refractivity contribution >= 4 is 5.78 Å². The van der Waals surface area contributed by atoms with Gasteiger partial charge in [-0.2, -0.15) is 0 Å². The van der Waals surface area contributed by atoms with Crippen LogP contribution >= 0.6 is 0 Å². The van der Waals surface area contributed by atoms with E-state index >= 15 is 0 Å². The summed E-state index contributed by atoms with van der Waals surface area (Å²) in [5, 5.41) is 33.7. The third-order valence-electron chi connectivity index (χ3n) is 10.4. The van der Waals surface area contributed by atoms with Crippen molar-refractivity contribution in [3.8, 4) is 0 Å². The largest absolute Gasteiger partial charge is 0.396 e. The molecule has 3 N–H and O–H groups in total. The predicted molar refractivity (Wildman–Crippen MR) is 127 cm³/mol. The average Bonchev–Trinajstić information content (AvgIpc) is 3.05. The quantitative estimate of drug-likeness (QED) is 0.538. The minimum atomic E-state index is -1.16. The second-order valence-corrected chi connectivity index (χ2v) is 12.4. The molecule has 0 amide bonds. The standard InChI is InChI=1S/C28H44O4/c1-17(2)18(3)8-12-27(5,32)25-24(31)15-23-21-7-6-19-14-20(30)9-11-26(19,4)22(21)10-13-28(23,25)16-29/h8,12,14,17-18,21-25,29,31-32H,6-7,9-11,13,15-16H2,1-5H3/b12-8+/t18?,21-,22+,23+,24+,25-,26+,27+,28-/m1/s1. The molecular weight excluding hydrogens is 400 g/mol. The highest BCUT2D eigenvalue weighted by Gasteiger charge is 2.65. The number of aliphatic hydroxyl groups excluding tert-OH is 2. The van der Waals surface area contributed by atoms with Gasteiger partial charge in [-0.05, 0) is 86.5 Å². The van der Waals surface area contributed by atoms with Gasteiger partial charge in [-0.25, -0.2) is 0 Å². The van der Waals surface area contributed by atoms with Crippen LogP contribution in [0.3, 0.4) is 0 Å². The summed E-state index contributed by atoms with van der Waals surface area (Å²) in [5.74, 6) is 1.87. The van der Waals surface area contributed by atoms with Crippen LogP contribution in [0.15, 0.2) is 23.8 Å². The molecule has 4 nitrogen and oxygen atoms in total. The third kappa shape index (κ3) is 3.65. The Kier molecular flexibility index (Phi) is 6.31. The summed E-state index contributed by atoms with van der Waals surface area (Å²) in [5.41, 5.74) is -0.207. The van der Waals surface area contributed by atoms with Gasteiger partial charge in [0.15, 0.2) is 5.78 Å². The molecule has 0 aromatic heterocycles. The van der Waals surface area contributed by atoms with Crippen molar-refractivity contribution in [1.29, 1.82) is 0 Å². The van der Waals surface area contributed by atoms with E-state index in [2.05, 4.69) is 33.8 Å². The molecule has 4 rings (SSSR count). The van der Waals surface area contributed by atoms with Crippen LogP contribution in [0, 0.1) is 46.3 Å². The fourth-order valence-corrected chi connectivity index (χ4v) is 8.32. The van der Waals surface area contributed by atoms with Crippen LogP contribution in [0.4, 0.5) is 0 Å². The molecule has 32 heavy (non-hydrogen) atoms. The van der Waals surface area contributed by atoms with E-state index in [1.54, 1.807) is 0 Å². The van der Waals surface area contributed by atoms with Gasteiger partial charge in [0, 0.05) is 24.4 Å². The third-order valence-corrected chi connectivity index (χ3v) is 10.4. The topological polar surface area (TPSA) is 77.8 Å². The lowest BCUT2D eigenvalue weighted by atomic mass is 9.46. The normalized spacial score (nSPS) is 44.6. The minimum Gasteiger partial charge on any atom is -0.396 e. The van der Waals surface area contributed by atoms with E-state index in [1.807, 2.05) is 19.1 Å². The highest BCUT2D eigenvalue weighted by atomic mass is 16.3. The molecule has 9 atom stereocenters. The first-order valence-corrected chi connectivity index (χ1v) is 12.9. The number of allylic oxidation sites excluding steroid dienone is 2. The van der Waals surface area contributed by atoms with Crippen LogP contribution in [-0.4, -0.2) is 39.4 Å². The molecule has 0 spiro atoms. The summed E-state index contributed by atoms with van der Waals surface area (Å²) in [4.78, 5) is 12.1. The molecule has 4 aliphatic rings. The van der Waals surface area contributed by atoms with E-state index < -0.39 is 17.1 Å². The highest BCUT2D eigenvalue weighted by Crippen LogP contribution is 2.67. The molecule has 0 heterocycles. The summed E-state index contributed by atoms with van der Waals surface area (Å²) in [6.07, 6.45) is 11.3. The van der Waals surface area contributed by atoms with E-state index in [1.165, 1.54) is 5.57 Å². The smallest absolute Gasteiger partial charge is 0.155 e. The molecule has 3 fully saturated rings. The van der Waals surface area contributed by atoms with Crippen molar-refractivity contribution in [2.24, 2.45) is 46.3 Å². The Morgan fingerprint density at radius 1 is 1.19 bits per heavy atom. The monoisotopic (exact) mass is 444 g/mol. The molecule has 180 valence electrons. The van der Waals surface area contributed by atoms with Crippen LogP contribution in [0.2, 0.25) is 0 Å². The number of hydrogen-bond acceptors (Lipinski definition) is 4. The SMILES string of the molecule is CC(C)C(C)/C=C/[C@](C)(O)[C@H]1[C@@H](O)C[C@H]2[C@@H]3CCC4=CC(=O)CC[C@]4(C)[C@H]3CC[C@@]21CO. The van der Waals surface area contributed by atoms with Crippen molar-refractivity contribution < 1.29 is 20.1 Å². The lowest BCUT2D eigenvalue weighted by Crippen LogP contribution is -2.56. The zero-order valence-corrected chi connectivity index (χ0v) is 20.7. The first kappa shape index (κ1) is 24.2. The molecule has 4 heteroatoms. The van der Waals surface area contributed by atoms with Crippen LogP contribution in [-0.2, 0) is 4.79 Å². The molecule has 0 bridgehead atoms. The van der Waals surface area contributed by atoms with E-state index in [4.69, 9.17) is 0 Å². The molecule has 3 saturated carbocycles. The van der Waals surface area contributed by atoms with Crippen molar-refractivity contribution in [1.82, 2.24) is 0 Å². The van der Waals surface area contributed by atoms with E-state index in [0.29, 0.717) is 36.5 Å². The number of aliphatic hydroxyl groups is 3. The van der Waals surface area contributed by atoms with Gasteiger partial charge in [0.2, 0.25) is 0 Å². The maximum absolute atomic E-state index is 12.1. The Hall–Kier alpha value is -0.970. The highest BCUT2D eigenvalue weighted by molar-refractivity contribution is 5.91. The fraction of sp³-hybridized carbons (Fsp3) is 0.821. The molecule has 4 aliphatic carbocycles. The lowest BCUT2D eigenvalue weighted by Gasteiger charge is -2.59. The fourth-order valence-electron chi connectivity index (χ4n) is 8.32. The first-order valence-electron chi connectivity index (χ1n) is 12.9. The summed E-state index contributed by atoms with van der Waals surface area (Å²) in [6.45, 7) is 10.7. The summed E-state index contributed by atoms with van der Waals surface area (Å²) in [7, 11) is 0. The van der Waals surface area contributed by atoms with Crippen LogP contribution in [0.25, 0.3) is 0 Å². The summed E-state index contributed by atoms with van der Waals surface area (Å²) in [6, 6.07) is 0. The lowest BCUT2D eigenvalue weighted by molar-refractivity contribution is -0.132. The van der Waals surface area contributed by atoms with Crippen LogP contribution < -0.4 is 0 Å². The van der Waals surface area contributed by atoms with E-state index in [-0.39, 0.29) is 29.6 Å².